The molecule has 0 bridgehead atoms. The number of nitrogens with zero attached hydrogens (tertiary/aromatic N) is 2. The number of alkyl halides is 4. The Morgan fingerprint density at radius 1 is 1.30 bits per heavy atom. The summed E-state index contributed by atoms with van der Waals surface area (Å²) in [5, 5.41) is 2.96. The van der Waals surface area contributed by atoms with Crippen LogP contribution in [0.15, 0.2) is 12.1 Å². The minimum Gasteiger partial charge on any atom is -0.338 e. The van der Waals surface area contributed by atoms with Gasteiger partial charge in [-0.15, -0.1) is 0 Å². The molecule has 0 saturated carbocycles. The molecule has 3 heterocycles. The second-order valence-corrected chi connectivity index (χ2v) is 5.52. The zero-order chi connectivity index (χ0) is 14.5. The van der Waals surface area contributed by atoms with Crippen LogP contribution < -0.4 is 5.32 Å². The van der Waals surface area contributed by atoms with Crippen LogP contribution in [0.5, 0.6) is 0 Å². The van der Waals surface area contributed by atoms with Gasteiger partial charge in [0.1, 0.15) is 11.9 Å². The van der Waals surface area contributed by atoms with E-state index in [1.807, 2.05) is 4.90 Å². The molecule has 0 radical (unpaired) electrons. The van der Waals surface area contributed by atoms with E-state index in [0.717, 1.165) is 6.07 Å². The first-order chi connectivity index (χ1) is 9.37. The largest absolute Gasteiger partial charge is 0.431 e. The van der Waals surface area contributed by atoms with Crippen LogP contribution in [0.1, 0.15) is 17.8 Å². The Hall–Kier alpha value is -1.08. The standard InChI is InChI=1S/C13H17F4N3/c1-19-6-7-20-10(2-3-11(20)13(15,16)17)12(19)4-5-18-8-9(12)14/h2-3,9,18H,4-8H2,1H3/t9-,12-/m0/s1. The average Bonchev–Trinajstić information content (AvgIpc) is 2.81. The highest BCUT2D eigenvalue weighted by molar-refractivity contribution is 5.30. The summed E-state index contributed by atoms with van der Waals surface area (Å²) < 4.78 is 54.9. The summed E-state index contributed by atoms with van der Waals surface area (Å²) in [6, 6.07) is 2.52. The molecule has 0 amide bonds. The molecule has 1 N–H and O–H groups in total. The summed E-state index contributed by atoms with van der Waals surface area (Å²) in [7, 11) is 1.79. The SMILES string of the molecule is CN1CCn2c(C(F)(F)F)ccc2[C@@]12CCNC[C@@H]2F. The molecule has 1 aromatic rings. The summed E-state index contributed by atoms with van der Waals surface area (Å²) in [6.07, 6.45) is -5.13. The van der Waals surface area contributed by atoms with Crippen LogP contribution >= 0.6 is 0 Å². The lowest BCUT2D eigenvalue weighted by atomic mass is 9.80. The molecule has 112 valence electrons. The Morgan fingerprint density at radius 3 is 2.70 bits per heavy atom. The minimum absolute atomic E-state index is 0.177. The van der Waals surface area contributed by atoms with E-state index in [1.165, 1.54) is 10.6 Å². The van der Waals surface area contributed by atoms with Crippen molar-refractivity contribution >= 4 is 0 Å². The summed E-state index contributed by atoms with van der Waals surface area (Å²) >= 11 is 0. The fourth-order valence-corrected chi connectivity index (χ4v) is 3.53. The van der Waals surface area contributed by atoms with Gasteiger partial charge in [0.15, 0.2) is 0 Å². The van der Waals surface area contributed by atoms with Gasteiger partial charge in [-0.1, -0.05) is 0 Å². The van der Waals surface area contributed by atoms with Crippen molar-refractivity contribution in [1.82, 2.24) is 14.8 Å². The summed E-state index contributed by atoms with van der Waals surface area (Å²) in [4.78, 5) is 1.87. The molecule has 2 atom stereocenters. The molecule has 0 unspecified atom stereocenters. The third-order valence-electron chi connectivity index (χ3n) is 4.58. The number of aromatic nitrogens is 1. The quantitative estimate of drug-likeness (QED) is 0.738. The number of halogens is 4. The fourth-order valence-electron chi connectivity index (χ4n) is 3.53. The maximum Gasteiger partial charge on any atom is 0.431 e. The first kappa shape index (κ1) is 13.9. The topological polar surface area (TPSA) is 20.2 Å². The number of likely N-dealkylation sites (N-methyl/N-ethyl adjacent to an activating group) is 1. The zero-order valence-corrected chi connectivity index (χ0v) is 11.2. The van der Waals surface area contributed by atoms with Crippen molar-refractivity contribution in [3.8, 4) is 0 Å². The van der Waals surface area contributed by atoms with Gasteiger partial charge < -0.3 is 9.88 Å². The normalized spacial score (nSPS) is 31.6. The third kappa shape index (κ3) is 1.79. The highest BCUT2D eigenvalue weighted by Crippen LogP contribution is 2.43. The van der Waals surface area contributed by atoms with Crippen molar-refractivity contribution in [2.24, 2.45) is 0 Å². The molecule has 0 aliphatic carbocycles. The smallest absolute Gasteiger partial charge is 0.338 e. The van der Waals surface area contributed by atoms with E-state index in [1.54, 1.807) is 7.05 Å². The van der Waals surface area contributed by atoms with Crippen LogP contribution in [0, 0.1) is 0 Å². The maximum absolute atomic E-state index is 14.6. The van der Waals surface area contributed by atoms with E-state index < -0.39 is 23.6 Å². The number of nitrogens with one attached hydrogen (secondary N) is 1. The molecule has 20 heavy (non-hydrogen) atoms. The van der Waals surface area contributed by atoms with Gasteiger partial charge in [0.2, 0.25) is 0 Å². The number of fused-ring (bicyclic) bond motifs is 2. The number of hydrogen-bond donors (Lipinski definition) is 1. The second kappa shape index (κ2) is 4.46. The Balaban J connectivity index is 2.13. The number of piperidine rings is 1. The molecular formula is C13H17F4N3. The molecule has 1 spiro atoms. The van der Waals surface area contributed by atoms with Crippen LogP contribution in [0.2, 0.25) is 0 Å². The van der Waals surface area contributed by atoms with Gasteiger partial charge >= 0.3 is 6.18 Å². The highest BCUT2D eigenvalue weighted by atomic mass is 19.4. The van der Waals surface area contributed by atoms with Gasteiger partial charge in [0.25, 0.3) is 0 Å². The van der Waals surface area contributed by atoms with E-state index >= 15 is 0 Å². The Bertz CT molecular complexity index is 510. The van der Waals surface area contributed by atoms with Crippen molar-refractivity contribution in [2.75, 3.05) is 26.7 Å². The van der Waals surface area contributed by atoms with Crippen molar-refractivity contribution < 1.29 is 17.6 Å². The van der Waals surface area contributed by atoms with E-state index in [2.05, 4.69) is 5.32 Å². The summed E-state index contributed by atoms with van der Waals surface area (Å²) in [6.45, 7) is 1.45. The van der Waals surface area contributed by atoms with E-state index in [-0.39, 0.29) is 13.1 Å². The second-order valence-electron chi connectivity index (χ2n) is 5.52. The minimum atomic E-state index is -4.39. The first-order valence-corrected chi connectivity index (χ1v) is 6.70. The maximum atomic E-state index is 14.6. The van der Waals surface area contributed by atoms with Crippen LogP contribution in [0.3, 0.4) is 0 Å². The first-order valence-electron chi connectivity index (χ1n) is 6.70. The van der Waals surface area contributed by atoms with Crippen LogP contribution in [0.4, 0.5) is 17.6 Å². The molecule has 3 nitrogen and oxygen atoms in total. The molecular weight excluding hydrogens is 274 g/mol. The molecule has 0 aromatic carbocycles. The van der Waals surface area contributed by atoms with Gasteiger partial charge in [-0.05, 0) is 32.1 Å². The summed E-state index contributed by atoms with van der Waals surface area (Å²) in [5.41, 5.74) is -1.16. The van der Waals surface area contributed by atoms with Crippen molar-refractivity contribution in [3.63, 3.8) is 0 Å². The molecule has 2 aliphatic heterocycles. The predicted octanol–water partition coefficient (Wildman–Crippen LogP) is 1.98. The number of hydrogen-bond acceptors (Lipinski definition) is 2. The molecule has 7 heteroatoms. The highest BCUT2D eigenvalue weighted by Gasteiger charge is 2.51. The van der Waals surface area contributed by atoms with E-state index in [9.17, 15) is 17.6 Å². The number of rotatable bonds is 0. The Morgan fingerprint density at radius 2 is 2.05 bits per heavy atom. The molecule has 2 aliphatic rings. The summed E-state index contributed by atoms with van der Waals surface area (Å²) in [5.74, 6) is 0. The van der Waals surface area contributed by atoms with E-state index in [4.69, 9.17) is 0 Å². The average molecular weight is 291 g/mol. The van der Waals surface area contributed by atoms with Gasteiger partial charge in [0, 0.05) is 25.3 Å². The van der Waals surface area contributed by atoms with E-state index in [0.29, 0.717) is 25.2 Å². The fraction of sp³-hybridized carbons (Fsp3) is 0.692. The van der Waals surface area contributed by atoms with Crippen LogP contribution in [-0.4, -0.2) is 42.3 Å². The lowest BCUT2D eigenvalue weighted by Crippen LogP contribution is -2.62. The Labute approximate surface area is 114 Å². The third-order valence-corrected chi connectivity index (χ3v) is 4.58. The predicted molar refractivity (Wildman–Crippen MR) is 66.1 cm³/mol. The van der Waals surface area contributed by atoms with Gasteiger partial charge in [-0.2, -0.15) is 13.2 Å². The Kier molecular flexibility index (Phi) is 3.10. The van der Waals surface area contributed by atoms with Gasteiger partial charge in [0.05, 0.1) is 5.54 Å². The monoisotopic (exact) mass is 291 g/mol. The van der Waals surface area contributed by atoms with Gasteiger partial charge in [-0.25, -0.2) is 4.39 Å². The molecule has 1 saturated heterocycles. The lowest BCUT2D eigenvalue weighted by molar-refractivity contribution is -0.145. The van der Waals surface area contributed by atoms with Crippen LogP contribution in [-0.2, 0) is 18.3 Å². The van der Waals surface area contributed by atoms with Gasteiger partial charge in [-0.3, -0.25) is 4.90 Å². The molecule has 3 rings (SSSR count). The van der Waals surface area contributed by atoms with Crippen molar-refractivity contribution in [2.45, 2.75) is 30.9 Å². The molecule has 1 fully saturated rings. The van der Waals surface area contributed by atoms with Crippen molar-refractivity contribution in [3.05, 3.63) is 23.5 Å². The van der Waals surface area contributed by atoms with Crippen LogP contribution in [0.25, 0.3) is 0 Å². The zero-order valence-electron chi connectivity index (χ0n) is 11.2. The lowest BCUT2D eigenvalue weighted by Gasteiger charge is -2.50. The molecule has 1 aromatic heterocycles. The van der Waals surface area contributed by atoms with Crippen molar-refractivity contribution in [1.29, 1.82) is 0 Å².